The lowest BCUT2D eigenvalue weighted by atomic mass is 10.2. The van der Waals surface area contributed by atoms with E-state index in [4.69, 9.17) is 21.6 Å². The Labute approximate surface area is 150 Å². The summed E-state index contributed by atoms with van der Waals surface area (Å²) in [5.74, 6) is 1.75. The number of halogens is 1. The van der Waals surface area contributed by atoms with Gasteiger partial charge in [0.15, 0.2) is 5.82 Å². The zero-order chi connectivity index (χ0) is 16.5. The van der Waals surface area contributed by atoms with Gasteiger partial charge in [-0.25, -0.2) is 9.97 Å². The molecule has 3 aromatic rings. The summed E-state index contributed by atoms with van der Waals surface area (Å²) < 4.78 is 0. The van der Waals surface area contributed by atoms with E-state index in [0.717, 1.165) is 65.2 Å². The first-order valence-corrected chi connectivity index (χ1v) is 9.49. The predicted molar refractivity (Wildman–Crippen MR) is 102 cm³/mol. The van der Waals surface area contributed by atoms with Gasteiger partial charge in [0.05, 0.1) is 15.4 Å². The van der Waals surface area contributed by atoms with Crippen LogP contribution in [0.15, 0.2) is 35.7 Å². The fraction of sp³-hybridized carbons (Fsp3) is 0.333. The van der Waals surface area contributed by atoms with E-state index in [1.165, 1.54) is 0 Å². The summed E-state index contributed by atoms with van der Waals surface area (Å²) in [6.45, 7) is 7.45. The van der Waals surface area contributed by atoms with Crippen LogP contribution in [0.1, 0.15) is 6.92 Å². The molecule has 24 heavy (non-hydrogen) atoms. The first-order chi connectivity index (χ1) is 11.8. The van der Waals surface area contributed by atoms with Crippen molar-refractivity contribution in [2.45, 2.75) is 6.92 Å². The first kappa shape index (κ1) is 15.8. The SMILES string of the molecule is CCN1CCN(c2nc(-c3sccc3Cl)nc3ccccc23)CC1. The highest BCUT2D eigenvalue weighted by atomic mass is 35.5. The van der Waals surface area contributed by atoms with Gasteiger partial charge in [-0.15, -0.1) is 11.3 Å². The maximum absolute atomic E-state index is 6.31. The maximum atomic E-state index is 6.31. The Balaban J connectivity index is 1.80. The standard InChI is InChI=1S/C18H19ClN4S/c1-2-22-8-10-23(11-9-22)18-13-5-3-4-6-15(13)20-17(21-18)16-14(19)7-12-24-16/h3-7,12H,2,8-11H2,1H3. The van der Waals surface area contributed by atoms with E-state index in [0.29, 0.717) is 0 Å². The third-order valence-corrected chi connectivity index (χ3v) is 5.86. The number of piperazine rings is 1. The molecule has 0 saturated carbocycles. The summed E-state index contributed by atoms with van der Waals surface area (Å²) in [7, 11) is 0. The van der Waals surface area contributed by atoms with Gasteiger partial charge in [0.1, 0.15) is 5.82 Å². The van der Waals surface area contributed by atoms with Crippen LogP contribution < -0.4 is 4.90 Å². The molecule has 0 atom stereocenters. The van der Waals surface area contributed by atoms with Gasteiger partial charge in [0.2, 0.25) is 0 Å². The molecule has 1 saturated heterocycles. The van der Waals surface area contributed by atoms with Gasteiger partial charge in [0.25, 0.3) is 0 Å². The van der Waals surface area contributed by atoms with E-state index in [9.17, 15) is 0 Å². The lowest BCUT2D eigenvalue weighted by molar-refractivity contribution is 0.271. The molecular weight excluding hydrogens is 340 g/mol. The molecule has 0 bridgehead atoms. The summed E-state index contributed by atoms with van der Waals surface area (Å²) >= 11 is 7.90. The number of para-hydroxylation sites is 1. The quantitative estimate of drug-likeness (QED) is 0.704. The van der Waals surface area contributed by atoms with Gasteiger partial charge in [-0.05, 0) is 30.1 Å². The molecule has 1 fully saturated rings. The van der Waals surface area contributed by atoms with Gasteiger partial charge in [-0.2, -0.15) is 0 Å². The molecule has 0 N–H and O–H groups in total. The molecule has 4 nitrogen and oxygen atoms in total. The summed E-state index contributed by atoms with van der Waals surface area (Å²) in [4.78, 5) is 15.4. The Hall–Kier alpha value is -1.69. The molecule has 1 aromatic carbocycles. The molecule has 1 aliphatic rings. The molecular formula is C18H19ClN4S. The van der Waals surface area contributed by atoms with Gasteiger partial charge >= 0.3 is 0 Å². The van der Waals surface area contributed by atoms with Crippen molar-refractivity contribution in [3.05, 3.63) is 40.7 Å². The maximum Gasteiger partial charge on any atom is 0.173 e. The summed E-state index contributed by atoms with van der Waals surface area (Å²) in [5, 5.41) is 3.81. The van der Waals surface area contributed by atoms with Crippen LogP contribution in [0.5, 0.6) is 0 Å². The van der Waals surface area contributed by atoms with Crippen LogP contribution in [-0.2, 0) is 0 Å². The molecule has 1 aliphatic heterocycles. The molecule has 3 heterocycles. The fourth-order valence-corrected chi connectivity index (χ4v) is 4.21. The van der Waals surface area contributed by atoms with Gasteiger partial charge < -0.3 is 9.80 Å². The van der Waals surface area contributed by atoms with E-state index in [2.05, 4.69) is 28.9 Å². The van der Waals surface area contributed by atoms with Crippen LogP contribution in [0.25, 0.3) is 21.6 Å². The van der Waals surface area contributed by atoms with Crippen LogP contribution >= 0.6 is 22.9 Å². The lowest BCUT2D eigenvalue weighted by Crippen LogP contribution is -2.46. The van der Waals surface area contributed by atoms with Gasteiger partial charge in [-0.1, -0.05) is 30.7 Å². The van der Waals surface area contributed by atoms with Crippen LogP contribution in [0.3, 0.4) is 0 Å². The number of thiophene rings is 1. The Morgan fingerprint density at radius 2 is 1.88 bits per heavy atom. The fourth-order valence-electron chi connectivity index (χ4n) is 3.13. The van der Waals surface area contributed by atoms with E-state index >= 15 is 0 Å². The topological polar surface area (TPSA) is 32.3 Å². The summed E-state index contributed by atoms with van der Waals surface area (Å²) in [6.07, 6.45) is 0. The van der Waals surface area contributed by atoms with E-state index in [-0.39, 0.29) is 0 Å². The number of hydrogen-bond donors (Lipinski definition) is 0. The molecule has 0 unspecified atom stereocenters. The van der Waals surface area contributed by atoms with Crippen molar-refractivity contribution in [1.82, 2.24) is 14.9 Å². The van der Waals surface area contributed by atoms with Crippen molar-refractivity contribution in [2.24, 2.45) is 0 Å². The monoisotopic (exact) mass is 358 g/mol. The number of aromatic nitrogens is 2. The third-order valence-electron chi connectivity index (χ3n) is 4.52. The number of nitrogens with zero attached hydrogens (tertiary/aromatic N) is 4. The highest BCUT2D eigenvalue weighted by Crippen LogP contribution is 2.34. The minimum Gasteiger partial charge on any atom is -0.353 e. The van der Waals surface area contributed by atoms with E-state index in [1.54, 1.807) is 11.3 Å². The molecule has 0 spiro atoms. The van der Waals surface area contributed by atoms with Gasteiger partial charge in [-0.3, -0.25) is 0 Å². The number of benzene rings is 1. The van der Waals surface area contributed by atoms with Crippen LogP contribution in [0.2, 0.25) is 5.02 Å². The smallest absolute Gasteiger partial charge is 0.173 e. The van der Waals surface area contributed by atoms with E-state index in [1.807, 2.05) is 23.6 Å². The van der Waals surface area contributed by atoms with Crippen molar-refractivity contribution in [2.75, 3.05) is 37.6 Å². The number of anilines is 1. The zero-order valence-electron chi connectivity index (χ0n) is 13.6. The average molecular weight is 359 g/mol. The van der Waals surface area contributed by atoms with Gasteiger partial charge in [0, 0.05) is 31.6 Å². The predicted octanol–water partition coefficient (Wildman–Crippen LogP) is 4.15. The molecule has 124 valence electrons. The molecule has 6 heteroatoms. The third kappa shape index (κ3) is 2.88. The lowest BCUT2D eigenvalue weighted by Gasteiger charge is -2.35. The second-order valence-corrected chi connectivity index (χ2v) is 7.23. The Morgan fingerprint density at radius 1 is 1.08 bits per heavy atom. The van der Waals surface area contributed by atoms with Crippen molar-refractivity contribution < 1.29 is 0 Å². The molecule has 4 rings (SSSR count). The number of rotatable bonds is 3. The Bertz CT molecular complexity index is 855. The van der Waals surface area contributed by atoms with Crippen molar-refractivity contribution >= 4 is 39.7 Å². The second kappa shape index (κ2) is 6.67. The Morgan fingerprint density at radius 3 is 2.58 bits per heavy atom. The number of likely N-dealkylation sites (N-methyl/N-ethyl adjacent to an activating group) is 1. The minimum absolute atomic E-state index is 0.719. The normalized spacial score (nSPS) is 16.0. The number of fused-ring (bicyclic) bond motifs is 1. The second-order valence-electron chi connectivity index (χ2n) is 5.91. The number of hydrogen-bond acceptors (Lipinski definition) is 5. The van der Waals surface area contributed by atoms with Crippen LogP contribution in [0.4, 0.5) is 5.82 Å². The molecule has 0 aliphatic carbocycles. The molecule has 0 amide bonds. The van der Waals surface area contributed by atoms with Crippen LogP contribution in [0, 0.1) is 0 Å². The highest BCUT2D eigenvalue weighted by Gasteiger charge is 2.21. The van der Waals surface area contributed by atoms with Crippen molar-refractivity contribution in [1.29, 1.82) is 0 Å². The first-order valence-electron chi connectivity index (χ1n) is 8.23. The zero-order valence-corrected chi connectivity index (χ0v) is 15.1. The molecule has 2 aromatic heterocycles. The van der Waals surface area contributed by atoms with E-state index < -0.39 is 0 Å². The average Bonchev–Trinajstić information content (AvgIpc) is 3.07. The minimum atomic E-state index is 0.719. The van der Waals surface area contributed by atoms with Crippen molar-refractivity contribution in [3.63, 3.8) is 0 Å². The highest BCUT2D eigenvalue weighted by molar-refractivity contribution is 7.14. The van der Waals surface area contributed by atoms with Crippen LogP contribution in [-0.4, -0.2) is 47.6 Å². The molecule has 0 radical (unpaired) electrons. The summed E-state index contributed by atoms with van der Waals surface area (Å²) in [5.41, 5.74) is 0.972. The summed E-state index contributed by atoms with van der Waals surface area (Å²) in [6, 6.07) is 10.1. The van der Waals surface area contributed by atoms with Crippen molar-refractivity contribution in [3.8, 4) is 10.7 Å². The Kier molecular flexibility index (Phi) is 4.39. The largest absolute Gasteiger partial charge is 0.353 e.